The highest BCUT2D eigenvalue weighted by molar-refractivity contribution is 6.04. The van der Waals surface area contributed by atoms with Gasteiger partial charge in [0.2, 0.25) is 5.95 Å². The summed E-state index contributed by atoms with van der Waals surface area (Å²) in [7, 11) is 3.46. The number of nitrogens with one attached hydrogen (secondary N) is 1. The summed E-state index contributed by atoms with van der Waals surface area (Å²) in [5, 5.41) is 2.80. The summed E-state index contributed by atoms with van der Waals surface area (Å²) in [6, 6.07) is 16.9. The van der Waals surface area contributed by atoms with E-state index in [1.807, 2.05) is 54.4 Å². The molecule has 1 amide bonds. The average Bonchev–Trinajstić information content (AvgIpc) is 2.68. The molecule has 6 nitrogen and oxygen atoms in total. The van der Waals surface area contributed by atoms with E-state index < -0.39 is 0 Å². The van der Waals surface area contributed by atoms with E-state index in [4.69, 9.17) is 4.74 Å². The van der Waals surface area contributed by atoms with E-state index >= 15 is 0 Å². The first kappa shape index (κ1) is 16.4. The number of amides is 1. The molecule has 3 aromatic rings. The third-order valence-electron chi connectivity index (χ3n) is 3.67. The second-order valence-electron chi connectivity index (χ2n) is 5.35. The van der Waals surface area contributed by atoms with Gasteiger partial charge < -0.3 is 15.0 Å². The fourth-order valence-electron chi connectivity index (χ4n) is 2.28. The van der Waals surface area contributed by atoms with Crippen molar-refractivity contribution >= 4 is 23.2 Å². The highest BCUT2D eigenvalue weighted by Crippen LogP contribution is 2.20. The van der Waals surface area contributed by atoms with Crippen LogP contribution < -0.4 is 15.0 Å². The fourth-order valence-corrected chi connectivity index (χ4v) is 2.28. The van der Waals surface area contributed by atoms with E-state index in [-0.39, 0.29) is 5.91 Å². The van der Waals surface area contributed by atoms with Crippen LogP contribution in [-0.4, -0.2) is 30.0 Å². The van der Waals surface area contributed by atoms with Crippen LogP contribution in [0.15, 0.2) is 67.0 Å². The van der Waals surface area contributed by atoms with Gasteiger partial charge in [-0.05, 0) is 24.3 Å². The number of para-hydroxylation sites is 1. The van der Waals surface area contributed by atoms with Crippen molar-refractivity contribution in [2.75, 3.05) is 24.4 Å². The molecule has 126 valence electrons. The topological polar surface area (TPSA) is 67.3 Å². The number of benzene rings is 2. The normalized spacial score (nSPS) is 10.2. The first-order valence-corrected chi connectivity index (χ1v) is 7.73. The number of carbonyl (C=O) groups excluding carboxylic acids is 1. The summed E-state index contributed by atoms with van der Waals surface area (Å²) in [6.45, 7) is 0. The van der Waals surface area contributed by atoms with Gasteiger partial charge in [0, 0.05) is 36.9 Å². The van der Waals surface area contributed by atoms with Gasteiger partial charge in [0.05, 0.1) is 12.7 Å². The third kappa shape index (κ3) is 3.92. The standard InChI is InChI=1S/C19H18N4O2/c1-23(16-8-4-3-5-9-16)19-20-12-14(13-21-19)18(24)22-15-7-6-10-17(11-15)25-2/h3-13H,1-2H3,(H,22,24). The molecule has 0 saturated heterocycles. The number of anilines is 3. The molecule has 0 spiro atoms. The minimum atomic E-state index is -0.276. The Bertz CT molecular complexity index is 851. The Morgan fingerprint density at radius 1 is 1.04 bits per heavy atom. The lowest BCUT2D eigenvalue weighted by Gasteiger charge is -2.16. The van der Waals surface area contributed by atoms with Crippen molar-refractivity contribution in [2.24, 2.45) is 0 Å². The second-order valence-corrected chi connectivity index (χ2v) is 5.35. The van der Waals surface area contributed by atoms with Gasteiger partial charge in [-0.15, -0.1) is 0 Å². The number of rotatable bonds is 5. The molecule has 25 heavy (non-hydrogen) atoms. The van der Waals surface area contributed by atoms with Crippen LogP contribution in [0.5, 0.6) is 5.75 Å². The molecule has 6 heteroatoms. The maximum atomic E-state index is 12.3. The van der Waals surface area contributed by atoms with Gasteiger partial charge in [-0.2, -0.15) is 0 Å². The zero-order valence-electron chi connectivity index (χ0n) is 14.0. The van der Waals surface area contributed by atoms with E-state index in [1.165, 1.54) is 12.4 Å². The molecule has 3 rings (SSSR count). The van der Waals surface area contributed by atoms with Crippen molar-refractivity contribution in [1.82, 2.24) is 9.97 Å². The number of nitrogens with zero attached hydrogens (tertiary/aromatic N) is 3. The van der Waals surface area contributed by atoms with Crippen LogP contribution in [0.25, 0.3) is 0 Å². The Labute approximate surface area is 146 Å². The molecule has 0 saturated carbocycles. The molecular weight excluding hydrogens is 316 g/mol. The van der Waals surface area contributed by atoms with Gasteiger partial charge in [-0.3, -0.25) is 4.79 Å². The maximum Gasteiger partial charge on any atom is 0.258 e. The third-order valence-corrected chi connectivity index (χ3v) is 3.67. The van der Waals surface area contributed by atoms with Gasteiger partial charge in [-0.25, -0.2) is 9.97 Å². The first-order chi connectivity index (χ1) is 12.2. The SMILES string of the molecule is COc1cccc(NC(=O)c2cnc(N(C)c3ccccc3)nc2)c1. The van der Waals surface area contributed by atoms with E-state index in [0.717, 1.165) is 5.69 Å². The molecule has 0 bridgehead atoms. The highest BCUT2D eigenvalue weighted by Gasteiger charge is 2.11. The Morgan fingerprint density at radius 3 is 2.44 bits per heavy atom. The van der Waals surface area contributed by atoms with Gasteiger partial charge in [0.25, 0.3) is 5.91 Å². The number of methoxy groups -OCH3 is 1. The van der Waals surface area contributed by atoms with Crippen LogP contribution in [0.1, 0.15) is 10.4 Å². The Morgan fingerprint density at radius 2 is 1.76 bits per heavy atom. The van der Waals surface area contributed by atoms with Crippen LogP contribution in [-0.2, 0) is 0 Å². The van der Waals surface area contributed by atoms with E-state index in [2.05, 4.69) is 15.3 Å². The lowest BCUT2D eigenvalue weighted by Crippen LogP contribution is -2.16. The molecule has 0 aliphatic carbocycles. The summed E-state index contributed by atoms with van der Waals surface area (Å²) < 4.78 is 5.14. The Kier molecular flexibility index (Phi) is 4.89. The molecule has 1 aromatic heterocycles. The molecule has 0 radical (unpaired) electrons. The van der Waals surface area contributed by atoms with Crippen LogP contribution in [0, 0.1) is 0 Å². The van der Waals surface area contributed by atoms with E-state index in [0.29, 0.717) is 22.9 Å². The predicted octanol–water partition coefficient (Wildman–Crippen LogP) is 3.51. The molecule has 1 heterocycles. The van der Waals surface area contributed by atoms with Crippen molar-refractivity contribution in [3.63, 3.8) is 0 Å². The monoisotopic (exact) mass is 334 g/mol. The molecular formula is C19H18N4O2. The molecule has 0 fully saturated rings. The number of carbonyl (C=O) groups is 1. The quantitative estimate of drug-likeness (QED) is 0.773. The van der Waals surface area contributed by atoms with Crippen LogP contribution in [0.4, 0.5) is 17.3 Å². The Balaban J connectivity index is 1.72. The summed E-state index contributed by atoms with van der Waals surface area (Å²) in [6.07, 6.45) is 3.02. The number of ether oxygens (including phenoxy) is 1. The molecule has 0 aliphatic heterocycles. The fraction of sp³-hybridized carbons (Fsp3) is 0.105. The van der Waals surface area contributed by atoms with Gasteiger partial charge >= 0.3 is 0 Å². The summed E-state index contributed by atoms with van der Waals surface area (Å²) in [5.41, 5.74) is 2.00. The molecule has 1 N–H and O–H groups in total. The second kappa shape index (κ2) is 7.44. The lowest BCUT2D eigenvalue weighted by molar-refractivity contribution is 0.102. The average molecular weight is 334 g/mol. The van der Waals surface area contributed by atoms with Crippen molar-refractivity contribution in [3.8, 4) is 5.75 Å². The van der Waals surface area contributed by atoms with E-state index in [9.17, 15) is 4.79 Å². The summed E-state index contributed by atoms with van der Waals surface area (Å²) >= 11 is 0. The predicted molar refractivity (Wildman–Crippen MR) is 97.5 cm³/mol. The van der Waals surface area contributed by atoms with Crippen LogP contribution >= 0.6 is 0 Å². The van der Waals surface area contributed by atoms with Gasteiger partial charge in [0.1, 0.15) is 5.75 Å². The smallest absolute Gasteiger partial charge is 0.258 e. The van der Waals surface area contributed by atoms with Crippen LogP contribution in [0.2, 0.25) is 0 Å². The van der Waals surface area contributed by atoms with Crippen molar-refractivity contribution in [3.05, 3.63) is 72.6 Å². The maximum absolute atomic E-state index is 12.3. The van der Waals surface area contributed by atoms with Crippen LogP contribution in [0.3, 0.4) is 0 Å². The zero-order valence-corrected chi connectivity index (χ0v) is 14.0. The molecule has 0 unspecified atom stereocenters. The largest absolute Gasteiger partial charge is 0.497 e. The first-order valence-electron chi connectivity index (χ1n) is 7.73. The minimum absolute atomic E-state index is 0.276. The van der Waals surface area contributed by atoms with Gasteiger partial charge in [-0.1, -0.05) is 24.3 Å². The Hall–Kier alpha value is -3.41. The van der Waals surface area contributed by atoms with Crippen molar-refractivity contribution in [2.45, 2.75) is 0 Å². The van der Waals surface area contributed by atoms with Crippen molar-refractivity contribution < 1.29 is 9.53 Å². The van der Waals surface area contributed by atoms with Gasteiger partial charge in [0.15, 0.2) is 0 Å². The summed E-state index contributed by atoms with van der Waals surface area (Å²) in [4.78, 5) is 22.7. The number of hydrogen-bond acceptors (Lipinski definition) is 5. The zero-order chi connectivity index (χ0) is 17.6. The molecule has 0 atom stereocenters. The number of aromatic nitrogens is 2. The minimum Gasteiger partial charge on any atom is -0.497 e. The highest BCUT2D eigenvalue weighted by atomic mass is 16.5. The number of hydrogen-bond donors (Lipinski definition) is 1. The summed E-state index contributed by atoms with van der Waals surface area (Å²) in [5.74, 6) is 0.917. The molecule has 2 aromatic carbocycles. The molecule has 0 aliphatic rings. The van der Waals surface area contributed by atoms with Crippen molar-refractivity contribution in [1.29, 1.82) is 0 Å². The van der Waals surface area contributed by atoms with E-state index in [1.54, 1.807) is 19.2 Å². The lowest BCUT2D eigenvalue weighted by atomic mass is 10.2.